The predicted octanol–water partition coefficient (Wildman–Crippen LogP) is 12.6. The van der Waals surface area contributed by atoms with Crippen LogP contribution < -0.4 is 0 Å². The van der Waals surface area contributed by atoms with Crippen molar-refractivity contribution >= 4 is 87.0 Å². The molecule has 0 bridgehead atoms. The second kappa shape index (κ2) is 11.5. The summed E-state index contributed by atoms with van der Waals surface area (Å²) in [4.78, 5) is 19.2. The van der Waals surface area contributed by atoms with E-state index in [1.165, 1.54) is 32.3 Å². The van der Waals surface area contributed by atoms with E-state index < -0.39 is 0 Å². The van der Waals surface area contributed by atoms with Crippen molar-refractivity contribution in [1.29, 1.82) is 0 Å². The Morgan fingerprint density at radius 3 is 1.07 bits per heavy atom. The average Bonchev–Trinajstić information content (AvgIpc) is 3.59. The third kappa shape index (κ3) is 4.41. The minimum atomic E-state index is 0.923. The number of aromatic nitrogens is 5. The maximum Gasteiger partial charge on any atom is 0.0971 e. The van der Waals surface area contributed by atoms with Crippen molar-refractivity contribution in [3.05, 3.63) is 176 Å². The summed E-state index contributed by atoms with van der Waals surface area (Å²) in [6.45, 7) is 0. The molecule has 3 heterocycles. The van der Waals surface area contributed by atoms with Crippen LogP contribution in [0.15, 0.2) is 176 Å². The minimum absolute atomic E-state index is 0.923. The summed E-state index contributed by atoms with van der Waals surface area (Å²) >= 11 is 0. The summed E-state index contributed by atoms with van der Waals surface area (Å²) in [6.07, 6.45) is 7.15. The van der Waals surface area contributed by atoms with Gasteiger partial charge in [-0.1, -0.05) is 103 Å². The van der Waals surface area contributed by atoms with Gasteiger partial charge in [0.25, 0.3) is 0 Å². The molecule has 0 spiro atoms. The predicted molar refractivity (Wildman–Crippen MR) is 228 cm³/mol. The molecule has 0 amide bonds. The lowest BCUT2D eigenvalue weighted by molar-refractivity contribution is 1.18. The third-order valence-corrected chi connectivity index (χ3v) is 11.3. The van der Waals surface area contributed by atoms with E-state index in [2.05, 4.69) is 156 Å². The zero-order valence-electron chi connectivity index (χ0n) is 29.5. The van der Waals surface area contributed by atoms with Gasteiger partial charge in [-0.15, -0.1) is 0 Å². The molecule has 55 heavy (non-hydrogen) atoms. The summed E-state index contributed by atoms with van der Waals surface area (Å²) in [7, 11) is 0. The molecule has 9 aromatic carbocycles. The first-order valence-electron chi connectivity index (χ1n) is 18.5. The van der Waals surface area contributed by atoms with Crippen molar-refractivity contribution < 1.29 is 0 Å². The van der Waals surface area contributed by atoms with Gasteiger partial charge in [-0.05, 0) is 92.3 Å². The lowest BCUT2D eigenvalue weighted by Gasteiger charge is -2.11. The number of hydrogen-bond acceptors (Lipinski definition) is 4. The van der Waals surface area contributed by atoms with Crippen LogP contribution in [-0.4, -0.2) is 24.5 Å². The number of benzene rings is 9. The van der Waals surface area contributed by atoms with Crippen LogP contribution >= 0.6 is 0 Å². The van der Waals surface area contributed by atoms with Crippen LogP contribution in [0.25, 0.3) is 115 Å². The monoisotopic (exact) mass is 699 g/mol. The van der Waals surface area contributed by atoms with Crippen LogP contribution in [-0.2, 0) is 0 Å². The summed E-state index contributed by atoms with van der Waals surface area (Å²) in [6, 6.07) is 54.9. The standard InChI is InChI=1S/C50H29N5/c1-2-8-34(9-3-1)55-45-20-16-32(30-14-18-37-35-10-4-6-12-39(35)47-49(43(37)28-30)53-24-22-51-47)26-41(45)42-27-33(17-21-46(42)55)31-15-19-38-36-11-5-7-13-40(36)48-50(44(38)29-31)54-25-23-52-48/h1-29H. The summed E-state index contributed by atoms with van der Waals surface area (Å²) in [5.41, 5.74) is 11.8. The third-order valence-electron chi connectivity index (χ3n) is 11.3. The zero-order chi connectivity index (χ0) is 36.0. The van der Waals surface area contributed by atoms with Crippen molar-refractivity contribution in [2.75, 3.05) is 0 Å². The number of rotatable bonds is 3. The molecule has 0 N–H and O–H groups in total. The molecule has 0 radical (unpaired) electrons. The van der Waals surface area contributed by atoms with Crippen molar-refractivity contribution in [3.63, 3.8) is 0 Å². The van der Waals surface area contributed by atoms with Gasteiger partial charge in [0.2, 0.25) is 0 Å². The summed E-state index contributed by atoms with van der Waals surface area (Å²) in [5, 5.41) is 11.6. The highest BCUT2D eigenvalue weighted by molar-refractivity contribution is 6.25. The van der Waals surface area contributed by atoms with E-state index in [0.717, 1.165) is 82.6 Å². The minimum Gasteiger partial charge on any atom is -0.309 e. The molecule has 0 aliphatic heterocycles. The highest BCUT2D eigenvalue weighted by Crippen LogP contribution is 2.41. The smallest absolute Gasteiger partial charge is 0.0971 e. The fourth-order valence-electron chi connectivity index (χ4n) is 8.86. The van der Waals surface area contributed by atoms with Gasteiger partial charge in [-0.3, -0.25) is 19.9 Å². The fraction of sp³-hybridized carbons (Fsp3) is 0. The maximum absolute atomic E-state index is 4.84. The van der Waals surface area contributed by atoms with Gasteiger partial charge in [0.15, 0.2) is 0 Å². The lowest BCUT2D eigenvalue weighted by Crippen LogP contribution is -1.93. The number of hydrogen-bond donors (Lipinski definition) is 0. The van der Waals surface area contributed by atoms with Gasteiger partial charge >= 0.3 is 0 Å². The fourth-order valence-corrected chi connectivity index (χ4v) is 8.86. The first kappa shape index (κ1) is 30.0. The van der Waals surface area contributed by atoms with E-state index >= 15 is 0 Å². The zero-order valence-corrected chi connectivity index (χ0v) is 29.5. The molecule has 12 rings (SSSR count). The van der Waals surface area contributed by atoms with Crippen LogP contribution in [0.1, 0.15) is 0 Å². The summed E-state index contributed by atoms with van der Waals surface area (Å²) < 4.78 is 2.38. The second-order valence-corrected chi connectivity index (χ2v) is 14.3. The SMILES string of the molecule is c1ccc(-n2c3ccc(-c4ccc5c6ccccc6c6nccnc6c5c4)cc3c3cc(-c4ccc5c6ccccc6c6nccnc6c5c4)ccc32)cc1. The first-order valence-corrected chi connectivity index (χ1v) is 18.5. The molecule has 12 aromatic rings. The molecule has 0 fully saturated rings. The molecular weight excluding hydrogens is 671 g/mol. The molecule has 3 aromatic heterocycles. The van der Waals surface area contributed by atoms with E-state index in [1.54, 1.807) is 24.8 Å². The van der Waals surface area contributed by atoms with Crippen molar-refractivity contribution in [2.24, 2.45) is 0 Å². The van der Waals surface area contributed by atoms with E-state index in [4.69, 9.17) is 19.9 Å². The Labute approximate surface area is 314 Å². The Kier molecular flexibility index (Phi) is 6.27. The van der Waals surface area contributed by atoms with Gasteiger partial charge in [0.1, 0.15) is 0 Å². The molecule has 0 unspecified atom stereocenters. The van der Waals surface area contributed by atoms with Crippen molar-refractivity contribution in [3.8, 4) is 27.9 Å². The Morgan fingerprint density at radius 2 is 0.618 bits per heavy atom. The molecule has 0 saturated carbocycles. The van der Waals surface area contributed by atoms with Crippen LogP contribution in [0, 0.1) is 0 Å². The first-order chi connectivity index (χ1) is 27.3. The van der Waals surface area contributed by atoms with Gasteiger partial charge in [-0.2, -0.15) is 0 Å². The lowest BCUT2D eigenvalue weighted by atomic mass is 9.94. The summed E-state index contributed by atoms with van der Waals surface area (Å²) in [5.74, 6) is 0. The molecule has 0 aliphatic carbocycles. The molecular formula is C50H29N5. The van der Waals surface area contributed by atoms with Crippen LogP contribution in [0.4, 0.5) is 0 Å². The van der Waals surface area contributed by atoms with E-state index in [1.807, 2.05) is 0 Å². The Hall–Kier alpha value is -7.50. The van der Waals surface area contributed by atoms with Crippen LogP contribution in [0.5, 0.6) is 0 Å². The van der Waals surface area contributed by atoms with Crippen molar-refractivity contribution in [2.45, 2.75) is 0 Å². The Morgan fingerprint density at radius 1 is 0.273 bits per heavy atom. The second-order valence-electron chi connectivity index (χ2n) is 14.3. The molecule has 254 valence electrons. The van der Waals surface area contributed by atoms with Gasteiger partial charge in [0.05, 0.1) is 33.1 Å². The Balaban J connectivity index is 1.09. The highest BCUT2D eigenvalue weighted by atomic mass is 15.0. The largest absolute Gasteiger partial charge is 0.309 e. The molecule has 0 atom stereocenters. The van der Waals surface area contributed by atoms with Gasteiger partial charge in [0, 0.05) is 62.8 Å². The molecule has 0 aliphatic rings. The van der Waals surface area contributed by atoms with Crippen molar-refractivity contribution in [1.82, 2.24) is 24.5 Å². The van der Waals surface area contributed by atoms with Crippen LogP contribution in [0.2, 0.25) is 0 Å². The number of nitrogens with zero attached hydrogens (tertiary/aromatic N) is 5. The maximum atomic E-state index is 4.84. The molecule has 5 heteroatoms. The number of para-hydroxylation sites is 1. The van der Waals surface area contributed by atoms with E-state index in [0.29, 0.717) is 0 Å². The normalized spacial score (nSPS) is 12.0. The van der Waals surface area contributed by atoms with Crippen LogP contribution in [0.3, 0.4) is 0 Å². The molecule has 5 nitrogen and oxygen atoms in total. The van der Waals surface area contributed by atoms with Gasteiger partial charge in [-0.25, -0.2) is 0 Å². The topological polar surface area (TPSA) is 56.5 Å². The van der Waals surface area contributed by atoms with E-state index in [9.17, 15) is 0 Å². The number of fused-ring (bicyclic) bond motifs is 15. The average molecular weight is 700 g/mol. The highest BCUT2D eigenvalue weighted by Gasteiger charge is 2.17. The van der Waals surface area contributed by atoms with Gasteiger partial charge < -0.3 is 4.57 Å². The Bertz CT molecular complexity index is 3260. The van der Waals surface area contributed by atoms with E-state index in [-0.39, 0.29) is 0 Å². The molecule has 0 saturated heterocycles. The quantitative estimate of drug-likeness (QED) is 0.172.